The van der Waals surface area contributed by atoms with E-state index in [0.29, 0.717) is 21.5 Å². The number of aliphatic carboxylic acids is 1. The van der Waals surface area contributed by atoms with Gasteiger partial charge >= 0.3 is 5.97 Å². The number of aliphatic hydroxyl groups is 1. The first-order valence-corrected chi connectivity index (χ1v) is 12.3. The number of para-hydroxylation sites is 1. The molecule has 9 heteroatoms. The van der Waals surface area contributed by atoms with Gasteiger partial charge in [0, 0.05) is 27.2 Å². The predicted octanol–water partition coefficient (Wildman–Crippen LogP) is 6.90. The van der Waals surface area contributed by atoms with E-state index in [2.05, 4.69) is 5.32 Å². The summed E-state index contributed by atoms with van der Waals surface area (Å²) >= 11 is 12.6. The first-order chi connectivity index (χ1) is 18.3. The van der Waals surface area contributed by atoms with Crippen LogP contribution in [0.1, 0.15) is 6.42 Å². The molecule has 3 N–H and O–H groups in total. The molecule has 38 heavy (non-hydrogen) atoms. The van der Waals surface area contributed by atoms with Crippen LogP contribution in [0.15, 0.2) is 84.9 Å². The first kappa shape index (κ1) is 27.0. The molecule has 0 aliphatic heterocycles. The molecule has 0 bridgehead atoms. The number of amides is 1. The predicted molar refractivity (Wildman–Crippen MR) is 147 cm³/mol. The van der Waals surface area contributed by atoms with E-state index < -0.39 is 18.5 Å². The fourth-order valence-corrected chi connectivity index (χ4v) is 4.14. The van der Waals surface area contributed by atoms with Gasteiger partial charge in [-0.2, -0.15) is 0 Å². The van der Waals surface area contributed by atoms with Crippen LogP contribution in [0.3, 0.4) is 0 Å². The van der Waals surface area contributed by atoms with Crippen LogP contribution in [0.4, 0.5) is 5.69 Å². The quantitative estimate of drug-likeness (QED) is 0.198. The summed E-state index contributed by atoms with van der Waals surface area (Å²) in [7, 11) is 0. The number of carboxylic acid groups (broad SMARTS) is 1. The van der Waals surface area contributed by atoms with Gasteiger partial charge in [0.1, 0.15) is 23.9 Å². The molecule has 4 rings (SSSR count). The normalized spacial score (nSPS) is 10.6. The van der Waals surface area contributed by atoms with Crippen LogP contribution in [0.25, 0.3) is 22.3 Å². The molecule has 194 valence electrons. The number of rotatable bonds is 10. The van der Waals surface area contributed by atoms with Gasteiger partial charge in [-0.3, -0.25) is 9.59 Å². The number of carboxylic acids is 1. The van der Waals surface area contributed by atoms with E-state index in [4.69, 9.17) is 42.9 Å². The Morgan fingerprint density at radius 3 is 1.97 bits per heavy atom. The van der Waals surface area contributed by atoms with Gasteiger partial charge in [0.05, 0.1) is 18.7 Å². The van der Waals surface area contributed by atoms with Crippen LogP contribution in [0, 0.1) is 0 Å². The van der Waals surface area contributed by atoms with Crippen molar-refractivity contribution in [2.24, 2.45) is 0 Å². The van der Waals surface area contributed by atoms with Crippen LogP contribution in [-0.4, -0.2) is 35.3 Å². The maximum Gasteiger partial charge on any atom is 0.306 e. The summed E-state index contributed by atoms with van der Waals surface area (Å²) in [6, 6.07) is 25.2. The Morgan fingerprint density at radius 2 is 1.42 bits per heavy atom. The van der Waals surface area contributed by atoms with Crippen molar-refractivity contribution in [1.29, 1.82) is 0 Å². The summed E-state index contributed by atoms with van der Waals surface area (Å²) < 4.78 is 12.1. The summed E-state index contributed by atoms with van der Waals surface area (Å²) in [5.74, 6) is -0.581. The van der Waals surface area contributed by atoms with Crippen molar-refractivity contribution in [3.05, 3.63) is 95.0 Å². The van der Waals surface area contributed by atoms with E-state index in [-0.39, 0.29) is 24.5 Å². The van der Waals surface area contributed by atoms with Crippen molar-refractivity contribution in [2.75, 3.05) is 18.5 Å². The van der Waals surface area contributed by atoms with E-state index in [9.17, 15) is 9.59 Å². The molecular formula is C29H23Cl2NO6. The SMILES string of the molecule is O=C(O)CCOc1cc(Oc2c(-c3cccc(Cl)c3)cccc2-c2cccc(Cl)c2)ccc1NC(=O)CO. The third-order valence-electron chi connectivity index (χ3n) is 5.45. The van der Waals surface area contributed by atoms with Gasteiger partial charge in [0.15, 0.2) is 0 Å². The number of benzene rings is 4. The molecular weight excluding hydrogens is 529 g/mol. The molecule has 0 fully saturated rings. The first-order valence-electron chi connectivity index (χ1n) is 11.6. The number of nitrogens with one attached hydrogen (secondary N) is 1. The molecule has 0 aliphatic rings. The Kier molecular flexibility index (Phi) is 8.86. The summed E-state index contributed by atoms with van der Waals surface area (Å²) in [6.45, 7) is -0.851. The van der Waals surface area contributed by atoms with Gasteiger partial charge in [0.2, 0.25) is 5.91 Å². The smallest absolute Gasteiger partial charge is 0.306 e. The molecule has 0 heterocycles. The van der Waals surface area contributed by atoms with Crippen molar-refractivity contribution in [1.82, 2.24) is 0 Å². The second kappa shape index (κ2) is 12.5. The second-order valence-corrected chi connectivity index (χ2v) is 9.03. The van der Waals surface area contributed by atoms with Gasteiger partial charge in [-0.25, -0.2) is 0 Å². The fourth-order valence-electron chi connectivity index (χ4n) is 3.76. The number of halogens is 2. The Hall–Kier alpha value is -4.04. The molecule has 7 nitrogen and oxygen atoms in total. The number of ether oxygens (including phenoxy) is 2. The minimum absolute atomic E-state index is 0.131. The molecule has 1 amide bonds. The number of anilines is 1. The van der Waals surface area contributed by atoms with Crippen LogP contribution in [0.5, 0.6) is 17.2 Å². The standard InChI is InChI=1S/C29H23Cl2NO6/c30-20-6-1-4-18(14-20)23-8-3-9-24(19-5-2-7-21(31)15-19)29(23)38-22-10-11-25(32-27(34)17-33)26(16-22)37-13-12-28(35)36/h1-11,14-16,33H,12-13,17H2,(H,32,34)(H,35,36). The largest absolute Gasteiger partial charge is 0.491 e. The Bertz CT molecular complexity index is 1410. The molecule has 0 saturated carbocycles. The molecule has 4 aromatic carbocycles. The van der Waals surface area contributed by atoms with E-state index >= 15 is 0 Å². The molecule has 4 aromatic rings. The highest BCUT2D eigenvalue weighted by Crippen LogP contribution is 2.43. The van der Waals surface area contributed by atoms with E-state index in [1.165, 1.54) is 0 Å². The lowest BCUT2D eigenvalue weighted by molar-refractivity contribution is -0.137. The minimum atomic E-state index is -1.03. The molecule has 0 aromatic heterocycles. The molecule has 0 spiro atoms. The number of carbonyl (C=O) groups excluding carboxylic acids is 1. The highest BCUT2D eigenvalue weighted by molar-refractivity contribution is 6.31. The monoisotopic (exact) mass is 551 g/mol. The van der Waals surface area contributed by atoms with E-state index in [1.54, 1.807) is 30.3 Å². The Labute approximate surface area is 229 Å². The maximum atomic E-state index is 11.8. The van der Waals surface area contributed by atoms with Crippen LogP contribution >= 0.6 is 23.2 Å². The van der Waals surface area contributed by atoms with Gasteiger partial charge in [-0.1, -0.05) is 65.7 Å². The number of carbonyl (C=O) groups is 2. The van der Waals surface area contributed by atoms with Gasteiger partial charge in [0.25, 0.3) is 0 Å². The number of aliphatic hydroxyl groups excluding tert-OH is 1. The zero-order valence-corrected chi connectivity index (χ0v) is 21.5. The zero-order chi connectivity index (χ0) is 27.1. The molecule has 0 atom stereocenters. The summed E-state index contributed by atoms with van der Waals surface area (Å²) in [5, 5.41) is 21.8. The summed E-state index contributed by atoms with van der Waals surface area (Å²) in [6.07, 6.45) is -0.241. The van der Waals surface area contributed by atoms with Crippen LogP contribution < -0.4 is 14.8 Å². The average Bonchev–Trinajstić information content (AvgIpc) is 2.90. The zero-order valence-electron chi connectivity index (χ0n) is 20.0. The second-order valence-electron chi connectivity index (χ2n) is 8.16. The lowest BCUT2D eigenvalue weighted by Crippen LogP contribution is -2.16. The average molecular weight is 552 g/mol. The van der Waals surface area contributed by atoms with Gasteiger partial charge < -0.3 is 25.0 Å². The molecule has 0 radical (unpaired) electrons. The summed E-state index contributed by atoms with van der Waals surface area (Å²) in [4.78, 5) is 22.8. The maximum absolute atomic E-state index is 11.8. The molecule has 0 unspecified atom stereocenters. The van der Waals surface area contributed by atoms with Crippen molar-refractivity contribution in [3.8, 4) is 39.5 Å². The van der Waals surface area contributed by atoms with Crippen molar-refractivity contribution >= 4 is 40.8 Å². The number of hydrogen-bond acceptors (Lipinski definition) is 5. The van der Waals surface area contributed by atoms with E-state index in [0.717, 1.165) is 22.3 Å². The summed E-state index contributed by atoms with van der Waals surface area (Å²) in [5.41, 5.74) is 3.48. The Morgan fingerprint density at radius 1 is 0.816 bits per heavy atom. The Balaban J connectivity index is 1.80. The lowest BCUT2D eigenvalue weighted by Gasteiger charge is -2.18. The third kappa shape index (κ3) is 6.83. The van der Waals surface area contributed by atoms with Crippen LogP contribution in [0.2, 0.25) is 10.0 Å². The topological polar surface area (TPSA) is 105 Å². The number of hydrogen-bond donors (Lipinski definition) is 3. The highest BCUT2D eigenvalue weighted by Gasteiger charge is 2.17. The fraction of sp³-hybridized carbons (Fsp3) is 0.103. The van der Waals surface area contributed by atoms with Crippen LogP contribution in [-0.2, 0) is 9.59 Å². The lowest BCUT2D eigenvalue weighted by atomic mass is 9.97. The minimum Gasteiger partial charge on any atom is -0.491 e. The van der Waals surface area contributed by atoms with E-state index in [1.807, 2.05) is 54.6 Å². The van der Waals surface area contributed by atoms with Crippen molar-refractivity contribution in [2.45, 2.75) is 6.42 Å². The molecule has 0 saturated heterocycles. The van der Waals surface area contributed by atoms with Gasteiger partial charge in [-0.05, 0) is 47.5 Å². The van der Waals surface area contributed by atoms with Crippen molar-refractivity contribution in [3.63, 3.8) is 0 Å². The van der Waals surface area contributed by atoms with Gasteiger partial charge in [-0.15, -0.1) is 0 Å². The molecule has 0 aliphatic carbocycles. The third-order valence-corrected chi connectivity index (χ3v) is 5.92. The highest BCUT2D eigenvalue weighted by atomic mass is 35.5. The van der Waals surface area contributed by atoms with Crippen molar-refractivity contribution < 1.29 is 29.3 Å².